The van der Waals surface area contributed by atoms with E-state index in [1.807, 2.05) is 12.3 Å². The molecule has 0 bridgehead atoms. The van der Waals surface area contributed by atoms with Gasteiger partial charge in [0.2, 0.25) is 0 Å². The first-order chi connectivity index (χ1) is 7.54. The summed E-state index contributed by atoms with van der Waals surface area (Å²) in [5, 5.41) is 6.96. The summed E-state index contributed by atoms with van der Waals surface area (Å²) in [7, 11) is 0. The summed E-state index contributed by atoms with van der Waals surface area (Å²) in [6.07, 6.45) is 4.41. The van der Waals surface area contributed by atoms with Crippen LogP contribution in [0, 0.1) is 0 Å². The Morgan fingerprint density at radius 3 is 2.75 bits per heavy atom. The molecule has 1 aromatic rings. The van der Waals surface area contributed by atoms with E-state index in [1.54, 1.807) is 0 Å². The molecule has 0 atom stereocenters. The lowest BCUT2D eigenvalue weighted by Gasteiger charge is -2.21. The molecule has 16 heavy (non-hydrogen) atoms. The van der Waals surface area contributed by atoms with Crippen molar-refractivity contribution in [2.75, 3.05) is 5.32 Å². The van der Waals surface area contributed by atoms with Gasteiger partial charge in [0.1, 0.15) is 5.82 Å². The summed E-state index contributed by atoms with van der Waals surface area (Å²) in [4.78, 5) is 4.41. The van der Waals surface area contributed by atoms with Crippen LogP contribution in [0.4, 0.5) is 5.82 Å². The predicted octanol–water partition coefficient (Wildman–Crippen LogP) is 2.54. The molecule has 3 nitrogen and oxygen atoms in total. The van der Waals surface area contributed by atoms with Gasteiger partial charge in [-0.1, -0.05) is 6.07 Å². The average molecular weight is 219 g/mol. The van der Waals surface area contributed by atoms with E-state index < -0.39 is 0 Å². The molecule has 1 aliphatic rings. The lowest BCUT2D eigenvalue weighted by molar-refractivity contribution is 0.424. The lowest BCUT2D eigenvalue weighted by atomic mass is 10.1. The fraction of sp³-hybridized carbons (Fsp3) is 0.615. The Kier molecular flexibility index (Phi) is 3.15. The molecule has 1 aliphatic carbocycles. The minimum atomic E-state index is 0.146. The summed E-state index contributed by atoms with van der Waals surface area (Å²) in [5.41, 5.74) is 1.40. The number of anilines is 1. The van der Waals surface area contributed by atoms with Crippen LogP contribution in [0.3, 0.4) is 0 Å². The van der Waals surface area contributed by atoms with Crippen molar-refractivity contribution >= 4 is 5.82 Å². The number of nitrogens with one attached hydrogen (secondary N) is 2. The zero-order chi connectivity index (χ0) is 11.6. The maximum atomic E-state index is 4.41. The summed E-state index contributed by atoms with van der Waals surface area (Å²) in [6, 6.07) is 4.79. The van der Waals surface area contributed by atoms with Crippen LogP contribution in [0.2, 0.25) is 0 Å². The van der Waals surface area contributed by atoms with Crippen LogP contribution in [0.5, 0.6) is 0 Å². The second-order valence-corrected chi connectivity index (χ2v) is 5.53. The van der Waals surface area contributed by atoms with Crippen molar-refractivity contribution in [3.05, 3.63) is 23.9 Å². The zero-order valence-corrected chi connectivity index (χ0v) is 10.4. The fourth-order valence-corrected chi connectivity index (χ4v) is 1.49. The molecule has 0 saturated heterocycles. The van der Waals surface area contributed by atoms with E-state index in [0.29, 0.717) is 6.04 Å². The Labute approximate surface area is 97.7 Å². The maximum absolute atomic E-state index is 4.41. The Morgan fingerprint density at radius 1 is 1.38 bits per heavy atom. The van der Waals surface area contributed by atoms with Gasteiger partial charge in [-0.2, -0.15) is 0 Å². The topological polar surface area (TPSA) is 37.0 Å². The first kappa shape index (κ1) is 11.4. The average Bonchev–Trinajstić information content (AvgIpc) is 2.99. The summed E-state index contributed by atoms with van der Waals surface area (Å²) >= 11 is 0. The van der Waals surface area contributed by atoms with Gasteiger partial charge in [-0.05, 0) is 39.7 Å². The molecule has 2 rings (SSSR count). The van der Waals surface area contributed by atoms with Crippen molar-refractivity contribution in [2.45, 2.75) is 51.7 Å². The third-order valence-corrected chi connectivity index (χ3v) is 2.62. The molecule has 0 aromatic carbocycles. The fourth-order valence-electron chi connectivity index (χ4n) is 1.49. The van der Waals surface area contributed by atoms with E-state index in [0.717, 1.165) is 12.4 Å². The van der Waals surface area contributed by atoms with Crippen LogP contribution < -0.4 is 10.6 Å². The molecule has 1 heterocycles. The van der Waals surface area contributed by atoms with Gasteiger partial charge < -0.3 is 10.6 Å². The highest BCUT2D eigenvalue weighted by molar-refractivity contribution is 5.45. The number of pyridine rings is 1. The normalized spacial score (nSPS) is 16.2. The number of hydrogen-bond acceptors (Lipinski definition) is 3. The molecule has 0 aliphatic heterocycles. The molecular weight excluding hydrogens is 198 g/mol. The summed E-state index contributed by atoms with van der Waals surface area (Å²) in [6.45, 7) is 7.40. The molecule has 0 radical (unpaired) electrons. The molecule has 0 amide bonds. The molecule has 1 aromatic heterocycles. The van der Waals surface area contributed by atoms with Crippen LogP contribution in [0.25, 0.3) is 0 Å². The molecule has 1 saturated carbocycles. The molecule has 2 N–H and O–H groups in total. The van der Waals surface area contributed by atoms with Gasteiger partial charge in [0.15, 0.2) is 0 Å². The highest BCUT2D eigenvalue weighted by Crippen LogP contribution is 2.25. The molecule has 0 unspecified atom stereocenters. The van der Waals surface area contributed by atoms with Gasteiger partial charge >= 0.3 is 0 Å². The van der Waals surface area contributed by atoms with Gasteiger partial charge in [0.25, 0.3) is 0 Å². The van der Waals surface area contributed by atoms with Gasteiger partial charge in [0, 0.05) is 29.9 Å². The molecular formula is C13H21N3. The molecule has 1 fully saturated rings. The quantitative estimate of drug-likeness (QED) is 0.817. The zero-order valence-electron chi connectivity index (χ0n) is 10.4. The van der Waals surface area contributed by atoms with Crippen molar-refractivity contribution in [3.8, 4) is 0 Å². The highest BCUT2D eigenvalue weighted by atomic mass is 15.0. The largest absolute Gasteiger partial charge is 0.367 e. The Balaban J connectivity index is 2.00. The van der Waals surface area contributed by atoms with E-state index in [1.165, 1.54) is 18.4 Å². The van der Waals surface area contributed by atoms with Gasteiger partial charge in [-0.25, -0.2) is 4.98 Å². The van der Waals surface area contributed by atoms with Crippen LogP contribution in [0.15, 0.2) is 18.3 Å². The smallest absolute Gasteiger partial charge is 0.130 e. The molecule has 0 spiro atoms. The predicted molar refractivity (Wildman–Crippen MR) is 67.5 cm³/mol. The Morgan fingerprint density at radius 2 is 2.12 bits per heavy atom. The monoisotopic (exact) mass is 219 g/mol. The first-order valence-electron chi connectivity index (χ1n) is 6.00. The SMILES string of the molecule is CC(C)(C)NCc1cccnc1NC1CC1. The highest BCUT2D eigenvalue weighted by Gasteiger charge is 2.22. The Hall–Kier alpha value is -1.09. The second kappa shape index (κ2) is 4.42. The lowest BCUT2D eigenvalue weighted by Crippen LogP contribution is -2.35. The van der Waals surface area contributed by atoms with Crippen LogP contribution in [0.1, 0.15) is 39.2 Å². The van der Waals surface area contributed by atoms with Crippen LogP contribution in [-0.2, 0) is 6.54 Å². The second-order valence-electron chi connectivity index (χ2n) is 5.53. The van der Waals surface area contributed by atoms with E-state index in [2.05, 4.69) is 42.5 Å². The van der Waals surface area contributed by atoms with Crippen LogP contribution >= 0.6 is 0 Å². The van der Waals surface area contributed by atoms with Crippen molar-refractivity contribution in [1.29, 1.82) is 0 Å². The van der Waals surface area contributed by atoms with Crippen molar-refractivity contribution in [1.82, 2.24) is 10.3 Å². The number of rotatable bonds is 4. The summed E-state index contributed by atoms with van der Waals surface area (Å²) in [5.74, 6) is 1.04. The number of hydrogen-bond donors (Lipinski definition) is 2. The number of nitrogens with zero attached hydrogens (tertiary/aromatic N) is 1. The van der Waals surface area contributed by atoms with Crippen molar-refractivity contribution in [2.24, 2.45) is 0 Å². The van der Waals surface area contributed by atoms with E-state index in [9.17, 15) is 0 Å². The standard InChI is InChI=1S/C13H21N3/c1-13(2,3)15-9-10-5-4-8-14-12(10)16-11-6-7-11/h4-5,8,11,15H,6-7,9H2,1-3H3,(H,14,16). The van der Waals surface area contributed by atoms with Gasteiger partial charge in [0.05, 0.1) is 0 Å². The number of aromatic nitrogens is 1. The van der Waals surface area contributed by atoms with Gasteiger partial charge in [-0.15, -0.1) is 0 Å². The third kappa shape index (κ3) is 3.49. The Bertz CT molecular complexity index is 350. The van der Waals surface area contributed by atoms with E-state index in [4.69, 9.17) is 0 Å². The van der Waals surface area contributed by atoms with Crippen molar-refractivity contribution < 1.29 is 0 Å². The summed E-state index contributed by atoms with van der Waals surface area (Å²) < 4.78 is 0. The maximum Gasteiger partial charge on any atom is 0.130 e. The molecule has 3 heteroatoms. The van der Waals surface area contributed by atoms with E-state index >= 15 is 0 Å². The van der Waals surface area contributed by atoms with Crippen molar-refractivity contribution in [3.63, 3.8) is 0 Å². The van der Waals surface area contributed by atoms with Crippen LogP contribution in [-0.4, -0.2) is 16.6 Å². The first-order valence-corrected chi connectivity index (χ1v) is 6.00. The third-order valence-electron chi connectivity index (χ3n) is 2.62. The molecule has 88 valence electrons. The van der Waals surface area contributed by atoms with Gasteiger partial charge in [-0.3, -0.25) is 0 Å². The minimum Gasteiger partial charge on any atom is -0.367 e. The minimum absolute atomic E-state index is 0.146. The van der Waals surface area contributed by atoms with E-state index in [-0.39, 0.29) is 5.54 Å².